The Hall–Kier alpha value is -1.22. The summed E-state index contributed by atoms with van der Waals surface area (Å²) in [5.74, 6) is -0.293. The van der Waals surface area contributed by atoms with Crippen LogP contribution in [0.15, 0.2) is 0 Å². The highest BCUT2D eigenvalue weighted by atomic mass is 16.6. The maximum atomic E-state index is 12.0. The van der Waals surface area contributed by atoms with Crippen LogP contribution in [0.3, 0.4) is 0 Å². The Labute approximate surface area is 264 Å². The molecule has 0 bridgehead atoms. The first-order chi connectivity index (χ1) is 20.7. The van der Waals surface area contributed by atoms with Gasteiger partial charge in [0.2, 0.25) is 0 Å². The summed E-state index contributed by atoms with van der Waals surface area (Å²) in [7, 11) is 0. The molecule has 0 fully saturated rings. The summed E-state index contributed by atoms with van der Waals surface area (Å²) >= 11 is 0. The van der Waals surface area contributed by atoms with Gasteiger partial charge in [0.15, 0.2) is 0 Å². The fourth-order valence-corrected chi connectivity index (χ4v) is 4.44. The Balaban J connectivity index is 3.79. The predicted molar refractivity (Wildman–Crippen MR) is 173 cm³/mol. The number of rotatable bonds is 31. The van der Waals surface area contributed by atoms with Crippen LogP contribution in [-0.2, 0) is 38.0 Å². The minimum absolute atomic E-state index is 0.101. The quantitative estimate of drug-likeness (QED) is 0.0567. The summed E-state index contributed by atoms with van der Waals surface area (Å²) < 4.78 is 34.2. The number of carbonyl (C=O) groups is 2. The first-order valence-electron chi connectivity index (χ1n) is 17.5. The third kappa shape index (κ3) is 29.3. The van der Waals surface area contributed by atoms with Crippen LogP contribution in [0.1, 0.15) is 151 Å². The molecule has 0 aromatic heterocycles. The molecule has 0 amide bonds. The third-order valence-electron chi connectivity index (χ3n) is 7.24. The lowest BCUT2D eigenvalue weighted by Gasteiger charge is -2.22. The van der Waals surface area contributed by atoms with Gasteiger partial charge in [0, 0.05) is 12.8 Å². The molecule has 0 saturated carbocycles. The van der Waals surface area contributed by atoms with E-state index in [1.165, 1.54) is 64.2 Å². The second-order valence-electron chi connectivity index (χ2n) is 12.3. The fourth-order valence-electron chi connectivity index (χ4n) is 4.44. The van der Waals surface area contributed by atoms with Gasteiger partial charge >= 0.3 is 11.9 Å². The van der Waals surface area contributed by atoms with Gasteiger partial charge in [-0.3, -0.25) is 9.59 Å². The normalized spacial score (nSPS) is 15.0. The van der Waals surface area contributed by atoms with Gasteiger partial charge < -0.3 is 28.4 Å². The van der Waals surface area contributed by atoms with E-state index in [4.69, 9.17) is 28.4 Å². The van der Waals surface area contributed by atoms with Crippen molar-refractivity contribution in [3.63, 3.8) is 0 Å². The predicted octanol–water partition coefficient (Wildman–Crippen LogP) is 8.36. The van der Waals surface area contributed by atoms with Gasteiger partial charge in [-0.25, -0.2) is 0 Å². The molecule has 0 aliphatic rings. The van der Waals surface area contributed by atoms with Crippen molar-refractivity contribution < 1.29 is 38.0 Å². The van der Waals surface area contributed by atoms with Crippen molar-refractivity contribution in [2.75, 3.05) is 33.0 Å². The largest absolute Gasteiger partial charge is 0.463 e. The van der Waals surface area contributed by atoms with E-state index in [0.717, 1.165) is 25.7 Å². The lowest BCUT2D eigenvalue weighted by Crippen LogP contribution is -2.29. The highest BCUT2D eigenvalue weighted by Gasteiger charge is 2.15. The van der Waals surface area contributed by atoms with E-state index in [0.29, 0.717) is 39.3 Å². The molecule has 8 nitrogen and oxygen atoms in total. The zero-order valence-corrected chi connectivity index (χ0v) is 29.0. The molecular weight excluding hydrogens is 548 g/mol. The zero-order chi connectivity index (χ0) is 32.1. The molecule has 0 N–H and O–H groups in total. The lowest BCUT2D eigenvalue weighted by atomic mass is 10.1. The molecule has 0 aromatic rings. The Morgan fingerprint density at radius 2 is 0.744 bits per heavy atom. The van der Waals surface area contributed by atoms with Crippen LogP contribution in [0.4, 0.5) is 0 Å². The summed E-state index contributed by atoms with van der Waals surface area (Å²) in [5, 5.41) is 0. The van der Waals surface area contributed by atoms with Gasteiger partial charge in [-0.05, 0) is 47.5 Å². The standard InChI is InChI=1S/C35H68O8/c1-8-10-12-14-16-18-20-22-34(36)42-27-32(6)40-25-30(4)38-24-29(3)39-26-31(5)41-28-33(7)43-35(37)23-21-19-17-15-13-11-9-2/h29-33H,8-28H2,1-7H3. The number of hydrogen-bond acceptors (Lipinski definition) is 8. The number of hydrogen-bond donors (Lipinski definition) is 0. The van der Waals surface area contributed by atoms with Crippen molar-refractivity contribution in [3.05, 3.63) is 0 Å². The summed E-state index contributed by atoms with van der Waals surface area (Å²) in [4.78, 5) is 24.0. The van der Waals surface area contributed by atoms with Gasteiger partial charge in [0.1, 0.15) is 12.7 Å². The minimum Gasteiger partial charge on any atom is -0.463 e. The zero-order valence-electron chi connectivity index (χ0n) is 29.0. The van der Waals surface area contributed by atoms with E-state index in [9.17, 15) is 9.59 Å². The van der Waals surface area contributed by atoms with Gasteiger partial charge in [-0.15, -0.1) is 0 Å². The lowest BCUT2D eigenvalue weighted by molar-refractivity contribution is -0.153. The first-order valence-corrected chi connectivity index (χ1v) is 17.5. The smallest absolute Gasteiger partial charge is 0.306 e. The Kier molecular flexibility index (Phi) is 28.7. The summed E-state index contributed by atoms with van der Waals surface area (Å²) in [6.45, 7) is 15.9. The number of esters is 2. The average Bonchev–Trinajstić information content (AvgIpc) is 2.98. The fraction of sp³-hybridized carbons (Fsp3) is 0.943. The van der Waals surface area contributed by atoms with Crippen molar-refractivity contribution in [2.24, 2.45) is 0 Å². The molecule has 0 spiro atoms. The minimum atomic E-state index is -0.280. The van der Waals surface area contributed by atoms with Crippen LogP contribution < -0.4 is 0 Å². The molecule has 0 aliphatic heterocycles. The van der Waals surface area contributed by atoms with E-state index < -0.39 is 0 Å². The average molecular weight is 617 g/mol. The van der Waals surface area contributed by atoms with Crippen molar-refractivity contribution in [2.45, 2.75) is 182 Å². The molecule has 0 rings (SSSR count). The number of carbonyl (C=O) groups excluding carboxylic acids is 2. The highest BCUT2D eigenvalue weighted by molar-refractivity contribution is 5.69. The molecule has 0 heterocycles. The van der Waals surface area contributed by atoms with E-state index in [1.54, 1.807) is 0 Å². The van der Waals surface area contributed by atoms with Gasteiger partial charge in [-0.1, -0.05) is 90.9 Å². The second kappa shape index (κ2) is 29.5. The third-order valence-corrected chi connectivity index (χ3v) is 7.24. The van der Waals surface area contributed by atoms with Crippen LogP contribution in [0, 0.1) is 0 Å². The number of unbranched alkanes of at least 4 members (excludes halogenated alkanes) is 12. The molecule has 5 atom stereocenters. The van der Waals surface area contributed by atoms with Gasteiger partial charge in [0.25, 0.3) is 0 Å². The molecule has 8 heteroatoms. The maximum absolute atomic E-state index is 12.0. The van der Waals surface area contributed by atoms with Crippen LogP contribution >= 0.6 is 0 Å². The van der Waals surface area contributed by atoms with Gasteiger partial charge in [0.05, 0.1) is 50.8 Å². The Morgan fingerprint density at radius 3 is 1.16 bits per heavy atom. The van der Waals surface area contributed by atoms with Crippen LogP contribution in [-0.4, -0.2) is 75.5 Å². The van der Waals surface area contributed by atoms with E-state index in [-0.39, 0.29) is 49.1 Å². The van der Waals surface area contributed by atoms with Crippen molar-refractivity contribution in [1.82, 2.24) is 0 Å². The SMILES string of the molecule is CCCCCCCCCC(=O)OCC(C)OCC(C)OCC(C)OCC(C)OCC(C)OC(=O)CCCCCCCCC. The van der Waals surface area contributed by atoms with E-state index >= 15 is 0 Å². The molecule has 43 heavy (non-hydrogen) atoms. The van der Waals surface area contributed by atoms with Crippen LogP contribution in [0.25, 0.3) is 0 Å². The Bertz CT molecular complexity index is 643. The summed E-state index contributed by atoms with van der Waals surface area (Å²) in [5.41, 5.74) is 0. The second-order valence-corrected chi connectivity index (χ2v) is 12.3. The summed E-state index contributed by atoms with van der Waals surface area (Å²) in [6.07, 6.45) is 16.7. The molecule has 0 saturated heterocycles. The molecular formula is C35H68O8. The van der Waals surface area contributed by atoms with Crippen LogP contribution in [0.2, 0.25) is 0 Å². The van der Waals surface area contributed by atoms with Crippen molar-refractivity contribution >= 4 is 11.9 Å². The van der Waals surface area contributed by atoms with E-state index in [2.05, 4.69) is 13.8 Å². The Morgan fingerprint density at radius 1 is 0.419 bits per heavy atom. The van der Waals surface area contributed by atoms with Crippen molar-refractivity contribution in [3.8, 4) is 0 Å². The first kappa shape index (κ1) is 41.8. The molecule has 0 aliphatic carbocycles. The maximum Gasteiger partial charge on any atom is 0.306 e. The number of ether oxygens (including phenoxy) is 6. The summed E-state index contributed by atoms with van der Waals surface area (Å²) in [6, 6.07) is 0. The highest BCUT2D eigenvalue weighted by Crippen LogP contribution is 2.11. The molecule has 0 radical (unpaired) electrons. The topological polar surface area (TPSA) is 89.5 Å². The van der Waals surface area contributed by atoms with E-state index in [1.807, 2.05) is 34.6 Å². The molecule has 0 aromatic carbocycles. The van der Waals surface area contributed by atoms with Crippen molar-refractivity contribution in [1.29, 1.82) is 0 Å². The molecule has 5 unspecified atom stereocenters. The molecule has 256 valence electrons. The monoisotopic (exact) mass is 616 g/mol. The van der Waals surface area contributed by atoms with Crippen LogP contribution in [0.5, 0.6) is 0 Å². The van der Waals surface area contributed by atoms with Gasteiger partial charge in [-0.2, -0.15) is 0 Å².